The zero-order valence-corrected chi connectivity index (χ0v) is 85.3. The van der Waals surface area contributed by atoms with Gasteiger partial charge < -0.3 is 27.1 Å². The summed E-state index contributed by atoms with van der Waals surface area (Å²) in [7, 11) is -0.553. The van der Waals surface area contributed by atoms with Crippen LogP contribution in [0.25, 0.3) is 133 Å². The molecule has 0 amide bonds. The Hall–Kier alpha value is -12.5. The largest absolute Gasteiger partial charge is 0.368 e. The second kappa shape index (κ2) is 34.5. The number of fused-ring (bicyclic) bond motifs is 30. The van der Waals surface area contributed by atoms with Gasteiger partial charge in [0.2, 0.25) is 0 Å². The molecule has 0 spiro atoms. The van der Waals surface area contributed by atoms with Crippen LogP contribution >= 0.6 is 0 Å². The molecule has 0 unspecified atom stereocenters. The molecule has 0 radical (unpaired) electrons. The van der Waals surface area contributed by atoms with Crippen molar-refractivity contribution in [2.45, 2.75) is 230 Å². The maximum absolute atomic E-state index is 2.69. The molecule has 13 aromatic carbocycles. The Bertz CT molecular complexity index is 7830. The fourth-order valence-electron chi connectivity index (χ4n) is 23.0. The van der Waals surface area contributed by atoms with Crippen molar-refractivity contribution in [1.29, 1.82) is 0 Å². The van der Waals surface area contributed by atoms with Crippen molar-refractivity contribution < 1.29 is 0 Å². The average molecular weight is 1790 g/mol. The van der Waals surface area contributed by atoms with Crippen LogP contribution in [0.4, 0.5) is 0 Å². The minimum absolute atomic E-state index is 0.188. The molecule has 0 bridgehead atoms. The van der Waals surface area contributed by atoms with E-state index in [4.69, 9.17) is 0 Å². The van der Waals surface area contributed by atoms with Crippen molar-refractivity contribution in [3.8, 4) is 67.5 Å². The Morgan fingerprint density at radius 2 is 0.575 bits per heavy atom. The van der Waals surface area contributed by atoms with E-state index in [0.717, 1.165) is 58.2 Å². The van der Waals surface area contributed by atoms with Crippen LogP contribution in [-0.4, -0.2) is 43.4 Å². The Labute approximate surface area is 798 Å². The number of hydrogen-bond acceptors (Lipinski definition) is 0. The molecule has 25 rings (SSSR count). The molecule has 0 saturated carbocycles. The van der Waals surface area contributed by atoms with Gasteiger partial charge in [-0.25, -0.2) is 0 Å². The molecule has 19 aromatic rings. The molecule has 134 heavy (non-hydrogen) atoms. The normalized spacial score (nSPS) is 13.3. The van der Waals surface area contributed by atoms with Gasteiger partial charge in [0.15, 0.2) is 8.24 Å². The van der Waals surface area contributed by atoms with E-state index in [1.165, 1.54) is 247 Å². The van der Waals surface area contributed by atoms with Gasteiger partial charge in [-0.05, 0) is 212 Å². The van der Waals surface area contributed by atoms with Gasteiger partial charge in [0.05, 0.1) is 36.5 Å². The molecule has 6 aliphatic rings. The molecule has 6 heterocycles. The summed E-state index contributed by atoms with van der Waals surface area (Å²) in [4.78, 5) is 0. The van der Waals surface area contributed by atoms with Crippen LogP contribution in [0, 0.1) is 20.8 Å². The van der Waals surface area contributed by atoms with Crippen molar-refractivity contribution in [2.24, 2.45) is 7.05 Å². The second-order valence-corrected chi connectivity index (χ2v) is 54.7. The molecule has 0 aliphatic heterocycles. The summed E-state index contributed by atoms with van der Waals surface area (Å²) in [5, 5.41) is 8.67. The standard InChI is InChI=1S/C23H29NSi.C23H19N.C22H27NSi.2C20H21N.C18H17N/c1-23(2,3)17-11-12-21-19(14-17)20-13-16-9-7-8-10-18(16)22(20)24(21)15-25(4,5)6;1-16-11-12-22-20(13-16)21-14-18-9-5-6-10-19(18)23(21)24(22)15-17-7-3-2-4-8-17;1-22(2,3)16-11-12-20-18(14-16)19-13-15-9-7-8-10-17(15)21(19)23(20)24(4,5)6;1-20(2,3)14-9-10-18-16(12-14)17-11-13-7-5-6-8-15(13)19(17)21(18)4;1-3-4-11-21-19-10-9-14(2)12-17(19)18-13-15-7-5-6-8-16(15)20(18)21;1-3-19-17-9-8-12(2)10-15(17)16-11-13-6-4-5-7-14(13)18(16)19/h7-12,14H,13,15H2,1-6H3;2-13H,14-15H2,1H3;7-12,14H,13H2,1-6H3;5-10,12H,11H2,1-4H3;5-10,12H,3-4,11,13H2,1-2H3;4-10H,3,11H2,1-2H3. The first-order valence-electron chi connectivity index (χ1n) is 49.5. The van der Waals surface area contributed by atoms with Gasteiger partial charge in [-0.3, -0.25) is 0 Å². The molecule has 0 saturated heterocycles. The quantitative estimate of drug-likeness (QED) is 0.129. The van der Waals surface area contributed by atoms with E-state index in [-0.39, 0.29) is 16.2 Å². The molecular formula is C126H134N6Si2. The minimum atomic E-state index is -1.52. The van der Waals surface area contributed by atoms with E-state index in [0.29, 0.717) is 0 Å². The maximum Gasteiger partial charge on any atom is 0.153 e. The second-order valence-electron chi connectivity index (χ2n) is 44.5. The van der Waals surface area contributed by atoms with Crippen molar-refractivity contribution in [3.63, 3.8) is 0 Å². The van der Waals surface area contributed by atoms with E-state index >= 15 is 0 Å². The number of hydrogen-bond donors (Lipinski definition) is 0. The lowest BCUT2D eigenvalue weighted by Crippen LogP contribution is -2.32. The summed E-state index contributed by atoms with van der Waals surface area (Å²) >= 11 is 0. The number of unbranched alkanes of at least 4 members (excludes halogenated alkanes) is 1. The predicted octanol–water partition coefficient (Wildman–Crippen LogP) is 33.1. The number of rotatable bonds is 9. The van der Waals surface area contributed by atoms with Crippen molar-refractivity contribution >= 4 is 81.7 Å². The molecule has 6 aromatic heterocycles. The number of aromatic nitrogens is 6. The van der Waals surface area contributed by atoms with E-state index < -0.39 is 16.3 Å². The molecule has 6 nitrogen and oxygen atoms in total. The zero-order valence-electron chi connectivity index (χ0n) is 83.3. The van der Waals surface area contributed by atoms with Gasteiger partial charge in [-0.1, -0.05) is 344 Å². The lowest BCUT2D eigenvalue weighted by Gasteiger charge is -2.24. The topological polar surface area (TPSA) is 29.6 Å². The number of benzene rings is 13. The summed E-state index contributed by atoms with van der Waals surface area (Å²) in [5.74, 6) is 0. The first kappa shape index (κ1) is 89.4. The van der Waals surface area contributed by atoms with Crippen LogP contribution in [0.3, 0.4) is 0 Å². The minimum Gasteiger partial charge on any atom is -0.368 e. The van der Waals surface area contributed by atoms with Crippen molar-refractivity contribution in [2.75, 3.05) is 0 Å². The van der Waals surface area contributed by atoms with E-state index in [9.17, 15) is 0 Å². The van der Waals surface area contributed by atoms with Crippen molar-refractivity contribution in [3.05, 3.63) is 391 Å². The monoisotopic (exact) mass is 1790 g/mol. The molecule has 8 heteroatoms. The van der Waals surface area contributed by atoms with E-state index in [1.54, 1.807) is 11.1 Å². The lowest BCUT2D eigenvalue weighted by atomic mass is 9.86. The predicted molar refractivity (Wildman–Crippen MR) is 581 cm³/mol. The molecular weight excluding hydrogens is 1650 g/mol. The third-order valence-corrected chi connectivity index (χ3v) is 32.6. The molecule has 676 valence electrons. The molecule has 0 fully saturated rings. The fourth-order valence-corrected chi connectivity index (χ4v) is 26.1. The Kier molecular flexibility index (Phi) is 23.0. The number of aryl methyl sites for hydroxylation is 6. The highest BCUT2D eigenvalue weighted by Crippen LogP contribution is 2.52. The molecule has 6 aliphatic carbocycles. The third kappa shape index (κ3) is 16.1. The van der Waals surface area contributed by atoms with Crippen LogP contribution in [0.15, 0.2) is 285 Å². The van der Waals surface area contributed by atoms with Gasteiger partial charge in [-0.2, -0.15) is 0 Å². The average Bonchev–Trinajstić information content (AvgIpc) is 1.56. The summed E-state index contributed by atoms with van der Waals surface area (Å²) in [5.41, 5.74) is 53.8. The van der Waals surface area contributed by atoms with Crippen LogP contribution in [0.1, 0.15) is 195 Å². The summed E-state index contributed by atoms with van der Waals surface area (Å²) < 4.78 is 15.2. The van der Waals surface area contributed by atoms with Gasteiger partial charge in [0.25, 0.3) is 0 Å². The smallest absolute Gasteiger partial charge is 0.153 e. The van der Waals surface area contributed by atoms with Gasteiger partial charge in [0, 0.05) is 176 Å². The number of nitrogens with zero attached hydrogens (tertiary/aromatic N) is 6. The van der Waals surface area contributed by atoms with Crippen LogP contribution in [-0.2, 0) is 87.6 Å². The van der Waals surface area contributed by atoms with Crippen LogP contribution < -0.4 is 0 Å². The Morgan fingerprint density at radius 1 is 0.284 bits per heavy atom. The summed E-state index contributed by atoms with van der Waals surface area (Å²) in [6.45, 7) is 49.6. The SMILES string of the molecule is CC(C)(C)c1ccc2c(c1)c1c(n2C[Si](C)(C)C)-c2ccccc2C1.CC(C)(C)c1ccc2c(c1)c1c(n2[Si](C)(C)C)-c2ccccc2C1.CCCCn1c2c(c3cc(C)ccc31)Cc1ccccc1-2.CCn1c2c(c3cc(C)ccc31)Cc1ccccc1-2.Cc1ccc2c(c1)c1c(n2Cc2ccccc2)-c2ccccc2C1.Cn1c2c(c3cc(C(C)(C)C)ccc31)Cc1ccccc1-2. The zero-order chi connectivity index (χ0) is 93.5. The first-order valence-corrected chi connectivity index (χ1v) is 56.7. The van der Waals surface area contributed by atoms with Gasteiger partial charge in [0.1, 0.15) is 0 Å². The van der Waals surface area contributed by atoms with Gasteiger partial charge >= 0.3 is 0 Å². The van der Waals surface area contributed by atoms with Crippen molar-refractivity contribution in [1.82, 2.24) is 27.1 Å². The van der Waals surface area contributed by atoms with E-state index in [2.05, 4.69) is 455 Å². The fraction of sp³-hybridized carbons (Fsp3) is 0.286. The first-order chi connectivity index (χ1) is 64.2. The maximum atomic E-state index is 2.69. The lowest BCUT2D eigenvalue weighted by molar-refractivity contribution is 0.591. The highest BCUT2D eigenvalue weighted by molar-refractivity contribution is 6.76. The summed E-state index contributed by atoms with van der Waals surface area (Å²) in [6, 6.07) is 106. The van der Waals surface area contributed by atoms with Gasteiger partial charge in [-0.15, -0.1) is 0 Å². The van der Waals surface area contributed by atoms with Crippen LogP contribution in [0.5, 0.6) is 0 Å². The molecule has 0 N–H and O–H groups in total. The van der Waals surface area contributed by atoms with Crippen LogP contribution in [0.2, 0.25) is 39.3 Å². The molecule has 0 atom stereocenters. The Balaban J connectivity index is 0.000000100. The highest BCUT2D eigenvalue weighted by Gasteiger charge is 2.36. The highest BCUT2D eigenvalue weighted by atomic mass is 28.3. The van der Waals surface area contributed by atoms with E-state index in [1.807, 2.05) is 0 Å². The Morgan fingerprint density at radius 3 is 0.963 bits per heavy atom. The summed E-state index contributed by atoms with van der Waals surface area (Å²) in [6.07, 6.45) is 10.1. The third-order valence-electron chi connectivity index (χ3n) is 29.5.